The smallest absolute Gasteiger partial charge is 0.326 e. The van der Waals surface area contributed by atoms with Gasteiger partial charge in [-0.3, -0.25) is 24.2 Å². The first-order valence-corrected chi connectivity index (χ1v) is 34.0. The molecule has 8 aliphatic rings. The van der Waals surface area contributed by atoms with E-state index in [1.165, 1.54) is 28.4 Å². The van der Waals surface area contributed by atoms with Crippen molar-refractivity contribution >= 4 is 104 Å². The van der Waals surface area contributed by atoms with Crippen LogP contribution in [0.25, 0.3) is 0 Å². The Morgan fingerprint density at radius 3 is 1.29 bits per heavy atom. The zero-order valence-corrected chi connectivity index (χ0v) is 56.3. The molecule has 25 heteroatoms. The lowest BCUT2D eigenvalue weighted by Crippen LogP contribution is -2.55. The summed E-state index contributed by atoms with van der Waals surface area (Å²) >= 11 is 27.7. The summed E-state index contributed by atoms with van der Waals surface area (Å²) in [6.07, 6.45) is -2.10. The van der Waals surface area contributed by atoms with Gasteiger partial charge >= 0.3 is 5.97 Å². The van der Waals surface area contributed by atoms with Gasteiger partial charge in [-0.25, -0.2) is 32.3 Å². The van der Waals surface area contributed by atoms with Crippen LogP contribution in [0.1, 0.15) is 102 Å². The number of amidine groups is 2. The Morgan fingerprint density at radius 2 is 0.912 bits per heavy atom. The maximum Gasteiger partial charge on any atom is 0.326 e. The van der Waals surface area contributed by atoms with Gasteiger partial charge in [-0.2, -0.15) is 0 Å². The molecular weight excluding hydrogens is 1290 g/mol. The predicted molar refractivity (Wildman–Crippen MR) is 355 cm³/mol. The van der Waals surface area contributed by atoms with E-state index < -0.39 is 42.0 Å². The minimum Gasteiger partial charge on any atom is -0.480 e. The molecule has 2 N–H and O–H groups in total. The fourth-order valence-electron chi connectivity index (χ4n) is 13.6. The molecule has 0 aliphatic carbocycles. The molecule has 0 bridgehead atoms. The zero-order chi connectivity index (χ0) is 65.2. The number of hydrogen-bond donors (Lipinski definition) is 2. The maximum absolute atomic E-state index is 14.4. The van der Waals surface area contributed by atoms with E-state index in [9.17, 15) is 41.8 Å². The SMILES string of the molecule is CC(C)C1=C(C(=O)N2CCC[C@H]2C(=O)N2CCN(CC(F)F)CC2)SC2=N[C@@](C)(c3ccc(Cl)cc3)[C@@H](c3ccc(Cl)cc3)N21.CC(C)C1=C(C(=O)N2CCC[C@H]2C(=O)O)SC2=N[C@@](C)(c3ccc(Cl)cc3)[C@@H](c3ccc(Cl)cc3)N21.FC(F)CN1CCNCC1. The van der Waals surface area contributed by atoms with Crippen LogP contribution in [0.3, 0.4) is 0 Å². The van der Waals surface area contributed by atoms with Gasteiger partial charge in [-0.1, -0.05) is 123 Å². The number of allylic oxidation sites excluding steroid dienone is 2. The van der Waals surface area contributed by atoms with Crippen LogP contribution in [0.5, 0.6) is 0 Å². The van der Waals surface area contributed by atoms with Gasteiger partial charge in [0.2, 0.25) is 5.91 Å². The summed E-state index contributed by atoms with van der Waals surface area (Å²) in [4.78, 5) is 78.1. The highest BCUT2D eigenvalue weighted by Crippen LogP contribution is 2.58. The van der Waals surface area contributed by atoms with Gasteiger partial charge in [0.1, 0.15) is 33.0 Å². The van der Waals surface area contributed by atoms with Crippen molar-refractivity contribution in [3.63, 3.8) is 0 Å². The lowest BCUT2D eigenvalue weighted by molar-refractivity contribution is -0.146. The largest absolute Gasteiger partial charge is 0.480 e. The summed E-state index contributed by atoms with van der Waals surface area (Å²) in [6.45, 7) is 17.8. The number of thioether (sulfide) groups is 2. The van der Waals surface area contributed by atoms with Gasteiger partial charge in [0.05, 0.1) is 25.2 Å². The van der Waals surface area contributed by atoms with Crippen LogP contribution in [0.2, 0.25) is 20.1 Å². The minimum atomic E-state index is -2.40. The van der Waals surface area contributed by atoms with Gasteiger partial charge in [-0.15, -0.1) is 0 Å². The number of carboxylic acids is 1. The second-order valence-corrected chi connectivity index (χ2v) is 28.5. The van der Waals surface area contributed by atoms with Gasteiger partial charge < -0.3 is 34.9 Å². The number of nitrogens with zero attached hydrogens (tertiary/aromatic N) is 9. The molecule has 3 amide bonds. The maximum atomic E-state index is 14.4. The van der Waals surface area contributed by atoms with Crippen LogP contribution in [0, 0.1) is 11.8 Å². The third-order valence-electron chi connectivity index (χ3n) is 18.0. The van der Waals surface area contributed by atoms with Crippen LogP contribution < -0.4 is 5.32 Å². The molecule has 0 radical (unpaired) electrons. The van der Waals surface area contributed by atoms with Crippen molar-refractivity contribution < 1.29 is 41.8 Å². The molecule has 4 aromatic carbocycles. The summed E-state index contributed by atoms with van der Waals surface area (Å²) in [5.74, 6) is -1.43. The second kappa shape index (κ2) is 29.1. The van der Waals surface area contributed by atoms with Crippen molar-refractivity contribution in [3.05, 3.63) is 161 Å². The third-order valence-corrected chi connectivity index (χ3v) is 21.1. The van der Waals surface area contributed by atoms with Crippen molar-refractivity contribution in [2.45, 2.75) is 115 Å². The molecule has 0 aromatic heterocycles. The molecule has 6 atom stereocenters. The Kier molecular flexibility index (Phi) is 21.9. The van der Waals surface area contributed by atoms with E-state index in [4.69, 9.17) is 56.4 Å². The number of aliphatic carboxylic acids is 1. The number of alkyl halides is 4. The van der Waals surface area contributed by atoms with E-state index in [0.717, 1.165) is 76.6 Å². The first-order valence-electron chi connectivity index (χ1n) is 30.9. The van der Waals surface area contributed by atoms with Crippen LogP contribution >= 0.6 is 69.9 Å². The molecule has 8 aliphatic heterocycles. The molecule has 0 unspecified atom stereocenters. The highest BCUT2D eigenvalue weighted by molar-refractivity contribution is 8.18. The number of amides is 3. The Bertz CT molecular complexity index is 3450. The lowest BCUT2D eigenvalue weighted by atomic mass is 9.81. The van der Waals surface area contributed by atoms with Crippen LogP contribution in [0.15, 0.2) is 128 Å². The minimum absolute atomic E-state index is 0.00816. The van der Waals surface area contributed by atoms with Gasteiger partial charge in [0.15, 0.2) is 10.3 Å². The lowest BCUT2D eigenvalue weighted by Gasteiger charge is -2.38. The molecule has 12 rings (SSSR count). The molecule has 4 saturated heterocycles. The number of benzene rings is 4. The van der Waals surface area contributed by atoms with Crippen LogP contribution in [0.4, 0.5) is 17.6 Å². The van der Waals surface area contributed by atoms with Crippen molar-refractivity contribution in [2.75, 3.05) is 78.5 Å². The Labute approximate surface area is 558 Å². The number of carboxylic acid groups (broad SMARTS) is 1. The Balaban J connectivity index is 0.000000176. The summed E-state index contributed by atoms with van der Waals surface area (Å²) in [5, 5.41) is 16.8. The summed E-state index contributed by atoms with van der Waals surface area (Å²) in [7, 11) is 0. The van der Waals surface area contributed by atoms with E-state index in [2.05, 4.69) is 56.7 Å². The second-order valence-electron chi connectivity index (χ2n) is 24.8. The number of aliphatic imine (C=N–C) groups is 2. The van der Waals surface area contributed by atoms with Gasteiger partial charge in [0, 0.05) is 96.9 Å². The fourth-order valence-corrected chi connectivity index (χ4v) is 16.8. The van der Waals surface area contributed by atoms with Crippen LogP contribution in [-0.2, 0) is 30.3 Å². The van der Waals surface area contributed by atoms with E-state index >= 15 is 0 Å². The molecule has 0 spiro atoms. The standard InChI is InChI=1S/C33H37Cl2F2N5O2S.C27H27Cl2N3O3S.C6H12F2N2/c1-20(2)27-28(31(44)41-14-4-5-25(41)30(43)40-17-15-39(16-18-40)19-26(36)37)45-32-38-33(3,22-8-12-24(35)13-9-22)29(42(27)32)21-6-10-23(34)11-7-21;1-15(2)21-22(24(33)31-14-4-5-20(31)25(34)35)36-26-30-27(3,17-8-12-19(29)13-9-17)23(32(21)26)16-6-10-18(28)11-7-16;7-6(8)5-10-3-1-9-2-4-10/h6-13,20,25-26,29H,4-5,14-19H2,1-3H3;6-13,15,20,23H,4-5,14H2,1-3H3,(H,34,35);6,9H,1-5H2/t25-,29+,33-;20-,23+,27-;/m00./s1. The molecule has 91 heavy (non-hydrogen) atoms. The number of rotatable bonds is 14. The van der Waals surface area contributed by atoms with Crippen molar-refractivity contribution in [1.82, 2.24) is 39.6 Å². The first-order chi connectivity index (χ1) is 43.4. The van der Waals surface area contributed by atoms with Crippen molar-refractivity contribution in [3.8, 4) is 0 Å². The Morgan fingerprint density at radius 1 is 0.549 bits per heavy atom. The Hall–Kier alpha value is -5.36. The first kappa shape index (κ1) is 68.5. The van der Waals surface area contributed by atoms with Crippen molar-refractivity contribution in [2.24, 2.45) is 21.8 Å². The highest BCUT2D eigenvalue weighted by Gasteiger charge is 2.56. The average Bonchev–Trinajstić information content (AvgIpc) is 1.59. The number of halogens is 8. The number of nitrogens with one attached hydrogen (secondary N) is 1. The normalized spacial score (nSPS) is 25.1. The van der Waals surface area contributed by atoms with E-state index in [1.54, 1.807) is 19.6 Å². The van der Waals surface area contributed by atoms with Gasteiger partial charge in [-0.05, 0) is 146 Å². The van der Waals surface area contributed by atoms with Crippen molar-refractivity contribution in [1.29, 1.82) is 0 Å². The quantitative estimate of drug-likeness (QED) is 0.116. The fraction of sp³-hybridized carbons (Fsp3) is 0.485. The molecule has 0 saturated carbocycles. The monoisotopic (exact) mass is 1370 g/mol. The number of carbonyl (C=O) groups excluding carboxylic acids is 3. The summed E-state index contributed by atoms with van der Waals surface area (Å²) in [6, 6.07) is 29.1. The number of carbonyl (C=O) groups is 4. The van der Waals surface area contributed by atoms with Crippen LogP contribution in [-0.4, -0.2) is 177 Å². The number of hydrogen-bond acceptors (Lipinski definition) is 13. The van der Waals surface area contributed by atoms with Gasteiger partial charge in [0.25, 0.3) is 24.7 Å². The molecule has 488 valence electrons. The molecular formula is C66H76Cl4F4N10O5S2. The molecule has 15 nitrogen and oxygen atoms in total. The summed E-state index contributed by atoms with van der Waals surface area (Å²) < 4.78 is 49.2. The average molecular weight is 1370 g/mol. The van der Waals surface area contributed by atoms with E-state index in [-0.39, 0.29) is 54.7 Å². The number of piperazine rings is 2. The van der Waals surface area contributed by atoms with E-state index in [1.807, 2.05) is 97.1 Å². The topological polar surface area (TPSA) is 148 Å². The number of likely N-dealkylation sites (tertiary alicyclic amines) is 2. The molecule has 8 heterocycles. The van der Waals surface area contributed by atoms with E-state index in [0.29, 0.717) is 88.4 Å². The molecule has 4 fully saturated rings. The third kappa shape index (κ3) is 14.6. The highest BCUT2D eigenvalue weighted by atomic mass is 35.5. The number of fused-ring (bicyclic) bond motifs is 2. The zero-order valence-electron chi connectivity index (χ0n) is 51.6. The molecule has 4 aromatic rings. The predicted octanol–water partition coefficient (Wildman–Crippen LogP) is 13.1. The summed E-state index contributed by atoms with van der Waals surface area (Å²) in [5.41, 5.74) is 4.49.